The van der Waals surface area contributed by atoms with Gasteiger partial charge in [-0.2, -0.15) is 0 Å². The van der Waals surface area contributed by atoms with Gasteiger partial charge in [0.05, 0.1) is 29.7 Å². The zero-order valence-corrected chi connectivity index (χ0v) is 18.9. The van der Waals surface area contributed by atoms with Gasteiger partial charge in [0.1, 0.15) is 0 Å². The third-order valence-corrected chi connectivity index (χ3v) is 6.39. The van der Waals surface area contributed by atoms with E-state index in [4.69, 9.17) is 16.3 Å². The van der Waals surface area contributed by atoms with Gasteiger partial charge in [-0.05, 0) is 50.8 Å². The van der Waals surface area contributed by atoms with E-state index in [0.29, 0.717) is 48.8 Å². The minimum absolute atomic E-state index is 0.0366. The molecule has 2 aliphatic rings. The first kappa shape index (κ1) is 23.4. The third kappa shape index (κ3) is 6.60. The van der Waals surface area contributed by atoms with E-state index in [0.717, 1.165) is 25.7 Å². The van der Waals surface area contributed by atoms with Crippen molar-refractivity contribution in [1.82, 2.24) is 10.2 Å². The summed E-state index contributed by atoms with van der Waals surface area (Å²) >= 11 is 6.25. The number of halogens is 1. The van der Waals surface area contributed by atoms with Crippen LogP contribution in [0.25, 0.3) is 0 Å². The molecule has 1 aliphatic carbocycles. The molecule has 1 saturated heterocycles. The van der Waals surface area contributed by atoms with Gasteiger partial charge in [0, 0.05) is 24.8 Å². The molecule has 2 N–H and O–H groups in total. The number of piperidine rings is 1. The van der Waals surface area contributed by atoms with Gasteiger partial charge in [0.15, 0.2) is 0 Å². The second kappa shape index (κ2) is 11.4. The molecule has 0 aromatic heterocycles. The van der Waals surface area contributed by atoms with E-state index in [1.165, 1.54) is 6.42 Å². The minimum atomic E-state index is -0.173. The monoisotopic (exact) mass is 449 g/mol. The Bertz CT molecular complexity index is 787. The minimum Gasteiger partial charge on any atom is -0.466 e. The van der Waals surface area contributed by atoms with Crippen LogP contribution in [-0.4, -0.2) is 55.0 Å². The van der Waals surface area contributed by atoms with Gasteiger partial charge in [-0.3, -0.25) is 14.4 Å². The molecular formula is C23H32ClN3O4. The maximum atomic E-state index is 12.7. The Kier molecular flexibility index (Phi) is 8.58. The predicted molar refractivity (Wildman–Crippen MR) is 120 cm³/mol. The molecule has 1 heterocycles. The number of nitrogens with one attached hydrogen (secondary N) is 2. The van der Waals surface area contributed by atoms with Crippen molar-refractivity contribution in [3.05, 3.63) is 28.8 Å². The molecule has 2 fully saturated rings. The summed E-state index contributed by atoms with van der Waals surface area (Å²) in [5.74, 6) is -0.509. The lowest BCUT2D eigenvalue weighted by Crippen LogP contribution is -2.43. The number of carbonyl (C=O) groups excluding carboxylic acids is 3. The Balaban J connectivity index is 1.50. The average Bonchev–Trinajstić information content (AvgIpc) is 2.79. The topological polar surface area (TPSA) is 87.7 Å². The van der Waals surface area contributed by atoms with Crippen molar-refractivity contribution >= 4 is 35.1 Å². The van der Waals surface area contributed by atoms with Gasteiger partial charge in [-0.25, -0.2) is 0 Å². The molecule has 0 radical (unpaired) electrons. The van der Waals surface area contributed by atoms with Crippen LogP contribution < -0.4 is 10.6 Å². The fourth-order valence-electron chi connectivity index (χ4n) is 4.23. The van der Waals surface area contributed by atoms with E-state index >= 15 is 0 Å². The first-order valence-electron chi connectivity index (χ1n) is 11.3. The number of amides is 2. The second-order valence-electron chi connectivity index (χ2n) is 8.26. The number of hydrogen-bond donors (Lipinski definition) is 2. The number of nitrogens with zero attached hydrogens (tertiary/aromatic N) is 1. The molecule has 7 nitrogen and oxygen atoms in total. The number of benzene rings is 1. The lowest BCUT2D eigenvalue weighted by atomic mass is 9.95. The van der Waals surface area contributed by atoms with Gasteiger partial charge in [0.25, 0.3) is 5.91 Å². The highest BCUT2D eigenvalue weighted by molar-refractivity contribution is 6.34. The number of esters is 1. The fourth-order valence-corrected chi connectivity index (χ4v) is 4.44. The molecule has 0 unspecified atom stereocenters. The quantitative estimate of drug-likeness (QED) is 0.621. The van der Waals surface area contributed by atoms with Crippen LogP contribution in [0.4, 0.5) is 5.69 Å². The summed E-state index contributed by atoms with van der Waals surface area (Å²) in [5.41, 5.74) is 1.09. The Morgan fingerprint density at radius 1 is 1.10 bits per heavy atom. The Hall–Kier alpha value is -2.28. The first-order chi connectivity index (χ1) is 15.0. The fraction of sp³-hybridized carbons (Fsp3) is 0.609. The van der Waals surface area contributed by atoms with Crippen molar-refractivity contribution in [3.63, 3.8) is 0 Å². The molecule has 1 saturated carbocycles. The molecule has 0 atom stereocenters. The number of hydrogen-bond acceptors (Lipinski definition) is 5. The highest BCUT2D eigenvalue weighted by Crippen LogP contribution is 2.23. The molecule has 3 rings (SSSR count). The first-order valence-corrected chi connectivity index (χ1v) is 11.6. The van der Waals surface area contributed by atoms with Gasteiger partial charge in [-0.1, -0.05) is 30.9 Å². The van der Waals surface area contributed by atoms with Crippen molar-refractivity contribution < 1.29 is 19.1 Å². The number of anilines is 1. The highest BCUT2D eigenvalue weighted by atomic mass is 35.5. The number of rotatable bonds is 7. The molecule has 2 amide bonds. The molecule has 8 heteroatoms. The standard InChI is InChI=1S/C23H32ClN3O4/c1-2-31-23(30)16-10-12-27(13-11-16)21(28)15-25-18-8-9-20(24)19(14-18)22(29)26-17-6-4-3-5-7-17/h8-9,14,16-17,25H,2-7,10-13,15H2,1H3,(H,26,29). The maximum absolute atomic E-state index is 12.7. The summed E-state index contributed by atoms with van der Waals surface area (Å²) in [6.45, 7) is 3.38. The van der Waals surface area contributed by atoms with Crippen LogP contribution in [-0.2, 0) is 14.3 Å². The van der Waals surface area contributed by atoms with Gasteiger partial charge < -0.3 is 20.3 Å². The third-order valence-electron chi connectivity index (χ3n) is 6.06. The van der Waals surface area contributed by atoms with Crippen LogP contribution in [0.3, 0.4) is 0 Å². The van der Waals surface area contributed by atoms with Crippen molar-refractivity contribution in [2.75, 3.05) is 31.6 Å². The smallest absolute Gasteiger partial charge is 0.309 e. The van der Waals surface area contributed by atoms with Crippen LogP contribution in [0.15, 0.2) is 18.2 Å². The van der Waals surface area contributed by atoms with E-state index in [-0.39, 0.29) is 36.3 Å². The van der Waals surface area contributed by atoms with Crippen LogP contribution in [0.2, 0.25) is 5.02 Å². The van der Waals surface area contributed by atoms with Crippen LogP contribution in [0.5, 0.6) is 0 Å². The van der Waals surface area contributed by atoms with Gasteiger partial charge in [0.2, 0.25) is 5.91 Å². The zero-order chi connectivity index (χ0) is 22.2. The largest absolute Gasteiger partial charge is 0.466 e. The summed E-state index contributed by atoms with van der Waals surface area (Å²) < 4.78 is 5.07. The van der Waals surface area contributed by atoms with E-state index in [2.05, 4.69) is 10.6 Å². The Morgan fingerprint density at radius 3 is 2.48 bits per heavy atom. The summed E-state index contributed by atoms with van der Waals surface area (Å²) in [5, 5.41) is 6.57. The Morgan fingerprint density at radius 2 is 1.81 bits per heavy atom. The lowest BCUT2D eigenvalue weighted by molar-refractivity contribution is -0.151. The summed E-state index contributed by atoms with van der Waals surface area (Å²) in [7, 11) is 0. The summed E-state index contributed by atoms with van der Waals surface area (Å²) in [4.78, 5) is 38.8. The average molecular weight is 450 g/mol. The molecule has 0 bridgehead atoms. The molecule has 0 spiro atoms. The SMILES string of the molecule is CCOC(=O)C1CCN(C(=O)CNc2ccc(Cl)c(C(=O)NC3CCCCC3)c2)CC1. The van der Waals surface area contributed by atoms with E-state index < -0.39 is 0 Å². The zero-order valence-electron chi connectivity index (χ0n) is 18.1. The van der Waals surface area contributed by atoms with E-state index in [9.17, 15) is 14.4 Å². The summed E-state index contributed by atoms with van der Waals surface area (Å²) in [6, 6.07) is 5.34. The van der Waals surface area contributed by atoms with Crippen LogP contribution in [0.1, 0.15) is 62.2 Å². The molecule has 1 aromatic rings. The Labute approximate surface area is 188 Å². The van der Waals surface area contributed by atoms with Crippen molar-refractivity contribution in [2.24, 2.45) is 5.92 Å². The van der Waals surface area contributed by atoms with Crippen molar-refractivity contribution in [1.29, 1.82) is 0 Å². The van der Waals surface area contributed by atoms with E-state index in [1.54, 1.807) is 30.0 Å². The summed E-state index contributed by atoms with van der Waals surface area (Å²) in [6.07, 6.45) is 6.75. The highest BCUT2D eigenvalue weighted by Gasteiger charge is 2.28. The molecule has 170 valence electrons. The van der Waals surface area contributed by atoms with Crippen molar-refractivity contribution in [2.45, 2.75) is 57.9 Å². The second-order valence-corrected chi connectivity index (χ2v) is 8.67. The lowest BCUT2D eigenvalue weighted by Gasteiger charge is -2.31. The number of likely N-dealkylation sites (tertiary alicyclic amines) is 1. The normalized spacial score (nSPS) is 17.8. The molecule has 1 aromatic carbocycles. The van der Waals surface area contributed by atoms with Gasteiger partial charge in [-0.15, -0.1) is 0 Å². The molecule has 31 heavy (non-hydrogen) atoms. The number of carbonyl (C=O) groups is 3. The maximum Gasteiger partial charge on any atom is 0.309 e. The van der Waals surface area contributed by atoms with Gasteiger partial charge >= 0.3 is 5.97 Å². The molecule has 1 aliphatic heterocycles. The van der Waals surface area contributed by atoms with E-state index in [1.807, 2.05) is 0 Å². The number of ether oxygens (including phenoxy) is 1. The predicted octanol–water partition coefficient (Wildman–Crippen LogP) is 3.62. The molecular weight excluding hydrogens is 418 g/mol. The van der Waals surface area contributed by atoms with Crippen molar-refractivity contribution in [3.8, 4) is 0 Å². The van der Waals surface area contributed by atoms with Crippen LogP contribution in [0, 0.1) is 5.92 Å². The van der Waals surface area contributed by atoms with Crippen LogP contribution >= 0.6 is 11.6 Å².